The zero-order valence-electron chi connectivity index (χ0n) is 10.3. The zero-order chi connectivity index (χ0) is 14.4. The van der Waals surface area contributed by atoms with Crippen LogP contribution in [0.2, 0.25) is 0 Å². The highest BCUT2D eigenvalue weighted by Gasteiger charge is 2.04. The smallest absolute Gasteiger partial charge is 0.260 e. The fraction of sp³-hybridized carbons (Fsp3) is 0. The van der Waals surface area contributed by atoms with Gasteiger partial charge in [0, 0.05) is 30.4 Å². The molecule has 0 unspecified atom stereocenters. The lowest BCUT2D eigenvalue weighted by Gasteiger charge is -2.03. The largest absolute Gasteiger partial charge is 0.365 e. The van der Waals surface area contributed by atoms with Gasteiger partial charge in [0.25, 0.3) is 5.91 Å². The lowest BCUT2D eigenvalue weighted by Crippen LogP contribution is -2.13. The summed E-state index contributed by atoms with van der Waals surface area (Å²) in [6.45, 7) is 0. The van der Waals surface area contributed by atoms with Crippen molar-refractivity contribution < 1.29 is 4.79 Å². The Labute approximate surface area is 114 Å². The summed E-state index contributed by atoms with van der Waals surface area (Å²) < 4.78 is 0. The molecule has 0 spiro atoms. The quantitative estimate of drug-likeness (QED) is 0.625. The van der Waals surface area contributed by atoms with Gasteiger partial charge in [-0.2, -0.15) is 5.26 Å². The lowest BCUT2D eigenvalue weighted by atomic mass is 10.2. The minimum atomic E-state index is -0.802. The van der Waals surface area contributed by atoms with Gasteiger partial charge in [0.1, 0.15) is 17.5 Å². The van der Waals surface area contributed by atoms with Gasteiger partial charge in [0.05, 0.1) is 0 Å². The second-order valence-corrected chi connectivity index (χ2v) is 3.68. The Balaban J connectivity index is 2.24. The molecule has 20 heavy (non-hydrogen) atoms. The van der Waals surface area contributed by atoms with E-state index in [4.69, 9.17) is 11.0 Å². The van der Waals surface area contributed by atoms with Crippen molar-refractivity contribution in [1.29, 1.82) is 5.26 Å². The van der Waals surface area contributed by atoms with Crippen LogP contribution >= 0.6 is 0 Å². The number of rotatable bonds is 4. The van der Waals surface area contributed by atoms with Crippen LogP contribution in [0.25, 0.3) is 11.4 Å². The molecule has 0 aliphatic carbocycles. The Morgan fingerprint density at radius 1 is 1.30 bits per heavy atom. The van der Waals surface area contributed by atoms with Crippen LogP contribution in [0.3, 0.4) is 0 Å². The van der Waals surface area contributed by atoms with Crippen molar-refractivity contribution in [2.45, 2.75) is 0 Å². The van der Waals surface area contributed by atoms with Gasteiger partial charge in [0.15, 0.2) is 5.82 Å². The number of pyridine rings is 1. The maximum Gasteiger partial charge on any atom is 0.260 e. The van der Waals surface area contributed by atoms with E-state index in [1.165, 1.54) is 6.20 Å². The monoisotopic (exact) mass is 266 g/mol. The van der Waals surface area contributed by atoms with Gasteiger partial charge >= 0.3 is 0 Å². The molecule has 98 valence electrons. The summed E-state index contributed by atoms with van der Waals surface area (Å²) in [6.07, 6.45) is 6.05. The number of aromatic nitrogens is 3. The predicted molar refractivity (Wildman–Crippen MR) is 71.8 cm³/mol. The molecular weight excluding hydrogens is 256 g/mol. The summed E-state index contributed by atoms with van der Waals surface area (Å²) in [6, 6.07) is 6.85. The Kier molecular flexibility index (Phi) is 3.99. The van der Waals surface area contributed by atoms with Gasteiger partial charge < -0.3 is 11.1 Å². The summed E-state index contributed by atoms with van der Waals surface area (Å²) in [4.78, 5) is 23.2. The highest BCUT2D eigenvalue weighted by molar-refractivity contribution is 5.96. The number of amides is 1. The van der Waals surface area contributed by atoms with Crippen LogP contribution in [0.1, 0.15) is 0 Å². The number of carbonyl (C=O) groups is 1. The van der Waals surface area contributed by atoms with Crippen molar-refractivity contribution in [3.05, 3.63) is 48.6 Å². The molecule has 3 N–H and O–H groups in total. The minimum absolute atomic E-state index is 0.186. The van der Waals surface area contributed by atoms with E-state index in [0.29, 0.717) is 11.6 Å². The van der Waals surface area contributed by atoms with Crippen molar-refractivity contribution in [2.75, 3.05) is 5.32 Å². The second-order valence-electron chi connectivity index (χ2n) is 3.68. The molecule has 0 saturated heterocycles. The van der Waals surface area contributed by atoms with Gasteiger partial charge in [-0.05, 0) is 18.2 Å². The fourth-order valence-corrected chi connectivity index (χ4v) is 1.38. The fourth-order valence-electron chi connectivity index (χ4n) is 1.38. The van der Waals surface area contributed by atoms with Crippen molar-refractivity contribution in [1.82, 2.24) is 15.0 Å². The molecule has 0 aliphatic rings. The molecule has 2 heterocycles. The molecular formula is C13H10N6O. The maximum atomic E-state index is 10.9. The van der Waals surface area contributed by atoms with Gasteiger partial charge in [-0.15, -0.1) is 0 Å². The average Bonchev–Trinajstić information content (AvgIpc) is 2.49. The average molecular weight is 266 g/mol. The third kappa shape index (κ3) is 3.14. The molecule has 2 aromatic rings. The summed E-state index contributed by atoms with van der Waals surface area (Å²) in [5, 5.41) is 11.4. The normalized spacial score (nSPS) is 10.7. The number of nitriles is 1. The van der Waals surface area contributed by atoms with Gasteiger partial charge in [0.2, 0.25) is 0 Å². The van der Waals surface area contributed by atoms with E-state index < -0.39 is 5.91 Å². The first kappa shape index (κ1) is 13.2. The Hall–Kier alpha value is -3.27. The third-order valence-corrected chi connectivity index (χ3v) is 2.34. The third-order valence-electron chi connectivity index (χ3n) is 2.34. The highest BCUT2D eigenvalue weighted by atomic mass is 16.1. The number of anilines is 1. The first-order valence-electron chi connectivity index (χ1n) is 5.61. The molecule has 0 radical (unpaired) electrons. The van der Waals surface area contributed by atoms with E-state index in [1.807, 2.05) is 0 Å². The van der Waals surface area contributed by atoms with Gasteiger partial charge in [-0.1, -0.05) is 0 Å². The topological polar surface area (TPSA) is 118 Å². The second kappa shape index (κ2) is 6.06. The number of nitrogens with one attached hydrogen (secondary N) is 1. The maximum absolute atomic E-state index is 10.9. The summed E-state index contributed by atoms with van der Waals surface area (Å²) in [5.41, 5.74) is 5.65. The molecule has 0 atom stereocenters. The van der Waals surface area contributed by atoms with Gasteiger partial charge in [-0.3, -0.25) is 9.78 Å². The number of hydrogen-bond acceptors (Lipinski definition) is 6. The predicted octanol–water partition coefficient (Wildman–Crippen LogP) is 0.843. The molecule has 0 saturated carbocycles. The van der Waals surface area contributed by atoms with Crippen LogP contribution in [0, 0.1) is 11.3 Å². The van der Waals surface area contributed by atoms with Crippen LogP contribution in [0.4, 0.5) is 5.82 Å². The molecule has 0 aromatic carbocycles. The zero-order valence-corrected chi connectivity index (χ0v) is 10.3. The Morgan fingerprint density at radius 3 is 2.70 bits per heavy atom. The van der Waals surface area contributed by atoms with E-state index in [9.17, 15) is 4.79 Å². The SMILES string of the molecule is N#CC(=CNc1ccnc(-c2ccncc2)n1)C(N)=O. The van der Waals surface area contributed by atoms with E-state index in [0.717, 1.165) is 5.56 Å². The standard InChI is InChI=1S/C13H10N6O/c14-7-10(12(15)20)8-18-11-3-6-17-13(19-11)9-1-4-16-5-2-9/h1-6,8H,(H2,15,20)(H,17,18,19). The van der Waals surface area contributed by atoms with Crippen LogP contribution in [0.5, 0.6) is 0 Å². The van der Waals surface area contributed by atoms with Crippen molar-refractivity contribution >= 4 is 11.7 Å². The summed E-state index contributed by atoms with van der Waals surface area (Å²) >= 11 is 0. The lowest BCUT2D eigenvalue weighted by molar-refractivity contribution is -0.114. The molecule has 2 aromatic heterocycles. The molecule has 1 amide bonds. The van der Waals surface area contributed by atoms with Crippen molar-refractivity contribution in [3.63, 3.8) is 0 Å². The molecule has 7 heteroatoms. The van der Waals surface area contributed by atoms with E-state index in [1.54, 1.807) is 42.9 Å². The van der Waals surface area contributed by atoms with Crippen LogP contribution < -0.4 is 11.1 Å². The molecule has 7 nitrogen and oxygen atoms in total. The number of carbonyl (C=O) groups excluding carboxylic acids is 1. The van der Waals surface area contributed by atoms with Crippen molar-refractivity contribution in [2.24, 2.45) is 5.73 Å². The van der Waals surface area contributed by atoms with Gasteiger partial charge in [-0.25, -0.2) is 9.97 Å². The summed E-state index contributed by atoms with van der Waals surface area (Å²) in [5.74, 6) is 0.146. The van der Waals surface area contributed by atoms with Crippen LogP contribution in [-0.4, -0.2) is 20.9 Å². The minimum Gasteiger partial charge on any atom is -0.365 e. The first-order valence-corrected chi connectivity index (χ1v) is 5.61. The highest BCUT2D eigenvalue weighted by Crippen LogP contribution is 2.14. The Morgan fingerprint density at radius 2 is 2.05 bits per heavy atom. The van der Waals surface area contributed by atoms with Crippen LogP contribution in [0.15, 0.2) is 48.6 Å². The van der Waals surface area contributed by atoms with E-state index >= 15 is 0 Å². The molecule has 0 aliphatic heterocycles. The summed E-state index contributed by atoms with van der Waals surface area (Å²) in [7, 11) is 0. The number of hydrogen-bond donors (Lipinski definition) is 2. The number of primary amides is 1. The number of nitrogens with zero attached hydrogens (tertiary/aromatic N) is 4. The molecule has 0 bridgehead atoms. The Bertz CT molecular complexity index is 690. The van der Waals surface area contributed by atoms with E-state index in [-0.39, 0.29) is 5.57 Å². The number of nitrogens with two attached hydrogens (primary N) is 1. The molecule has 2 rings (SSSR count). The van der Waals surface area contributed by atoms with Crippen LogP contribution in [-0.2, 0) is 4.79 Å². The van der Waals surface area contributed by atoms with E-state index in [2.05, 4.69) is 20.3 Å². The van der Waals surface area contributed by atoms with Crippen molar-refractivity contribution in [3.8, 4) is 17.5 Å². The molecule has 0 fully saturated rings. The first-order chi connectivity index (χ1) is 9.70.